The van der Waals surface area contributed by atoms with E-state index in [0.29, 0.717) is 10.6 Å². The first-order chi connectivity index (χ1) is 8.58. The third kappa shape index (κ3) is 2.66. The Hall–Kier alpha value is -1.92. The summed E-state index contributed by atoms with van der Waals surface area (Å²) < 4.78 is 0. The molecule has 1 heterocycles. The zero-order valence-corrected chi connectivity index (χ0v) is 10.5. The molecule has 92 valence electrons. The van der Waals surface area contributed by atoms with Crippen LogP contribution in [0.3, 0.4) is 0 Å². The molecule has 7 heteroatoms. The van der Waals surface area contributed by atoms with E-state index < -0.39 is 4.92 Å². The fourth-order valence-electron chi connectivity index (χ4n) is 1.33. The van der Waals surface area contributed by atoms with Crippen LogP contribution in [-0.2, 0) is 0 Å². The van der Waals surface area contributed by atoms with Crippen molar-refractivity contribution in [3.8, 4) is 0 Å². The van der Waals surface area contributed by atoms with Crippen molar-refractivity contribution in [2.24, 2.45) is 0 Å². The van der Waals surface area contributed by atoms with E-state index in [9.17, 15) is 14.9 Å². The number of halogens is 1. The van der Waals surface area contributed by atoms with E-state index in [2.05, 4.69) is 5.32 Å². The zero-order chi connectivity index (χ0) is 13.1. The maximum Gasteiger partial charge on any atom is 0.288 e. The average Bonchev–Trinajstić information content (AvgIpc) is 2.81. The number of benzene rings is 1. The Labute approximate surface area is 111 Å². The molecule has 0 bridgehead atoms. The number of carbonyl (C=O) groups is 1. The first-order valence-corrected chi connectivity index (χ1v) is 6.12. The number of nitrogens with zero attached hydrogens (tertiary/aromatic N) is 1. The van der Waals surface area contributed by atoms with Crippen LogP contribution >= 0.6 is 22.9 Å². The van der Waals surface area contributed by atoms with Gasteiger partial charge in [-0.25, -0.2) is 0 Å². The van der Waals surface area contributed by atoms with Crippen LogP contribution in [0.5, 0.6) is 0 Å². The number of carbonyl (C=O) groups excluding carboxylic acids is 1. The van der Waals surface area contributed by atoms with Crippen LogP contribution in [-0.4, -0.2) is 10.8 Å². The lowest BCUT2D eigenvalue weighted by molar-refractivity contribution is -0.384. The summed E-state index contributed by atoms with van der Waals surface area (Å²) in [6.45, 7) is 0. The van der Waals surface area contributed by atoms with E-state index in [0.717, 1.165) is 0 Å². The summed E-state index contributed by atoms with van der Waals surface area (Å²) >= 11 is 7.05. The first-order valence-electron chi connectivity index (χ1n) is 4.87. The quantitative estimate of drug-likeness (QED) is 0.691. The fourth-order valence-corrected chi connectivity index (χ4v) is 2.20. The smallest absolute Gasteiger partial charge is 0.288 e. The van der Waals surface area contributed by atoms with Gasteiger partial charge in [-0.2, -0.15) is 0 Å². The van der Waals surface area contributed by atoms with Gasteiger partial charge in [0, 0.05) is 11.8 Å². The Kier molecular flexibility index (Phi) is 3.59. The number of nitro groups is 1. The minimum Gasteiger partial charge on any atom is -0.321 e. The monoisotopic (exact) mass is 282 g/mol. The van der Waals surface area contributed by atoms with Gasteiger partial charge < -0.3 is 5.32 Å². The molecule has 2 aromatic rings. The van der Waals surface area contributed by atoms with E-state index in [4.69, 9.17) is 11.6 Å². The minimum absolute atomic E-state index is 0.0102. The van der Waals surface area contributed by atoms with Crippen LogP contribution < -0.4 is 5.32 Å². The number of nitro benzene ring substituents is 1. The minimum atomic E-state index is -0.576. The molecule has 18 heavy (non-hydrogen) atoms. The molecule has 0 aliphatic rings. The topological polar surface area (TPSA) is 72.2 Å². The number of rotatable bonds is 3. The number of thiophene rings is 1. The number of nitrogens with one attached hydrogen (secondary N) is 1. The number of hydrogen-bond acceptors (Lipinski definition) is 4. The van der Waals surface area contributed by atoms with Gasteiger partial charge in [-0.1, -0.05) is 17.7 Å². The SMILES string of the molecule is O=C(Nc1ccc([N+](=O)[O-])c(Cl)c1)c1cccs1. The second kappa shape index (κ2) is 5.16. The molecule has 1 aromatic heterocycles. The van der Waals surface area contributed by atoms with Crippen LogP contribution in [0, 0.1) is 10.1 Å². The average molecular weight is 283 g/mol. The second-order valence-electron chi connectivity index (χ2n) is 3.35. The molecular formula is C11H7ClN2O3S. The molecule has 0 fully saturated rings. The zero-order valence-electron chi connectivity index (χ0n) is 8.92. The van der Waals surface area contributed by atoms with Crippen LogP contribution in [0.4, 0.5) is 11.4 Å². The van der Waals surface area contributed by atoms with Gasteiger partial charge in [0.05, 0.1) is 9.80 Å². The molecule has 5 nitrogen and oxygen atoms in total. The van der Waals surface area contributed by atoms with Crippen molar-refractivity contribution in [2.75, 3.05) is 5.32 Å². The van der Waals surface area contributed by atoms with Gasteiger partial charge in [0.1, 0.15) is 5.02 Å². The summed E-state index contributed by atoms with van der Waals surface area (Å²) in [6.07, 6.45) is 0. The first kappa shape index (κ1) is 12.5. The number of anilines is 1. The van der Waals surface area contributed by atoms with E-state index >= 15 is 0 Å². The molecule has 0 aliphatic heterocycles. The van der Waals surface area contributed by atoms with E-state index in [1.54, 1.807) is 17.5 Å². The lowest BCUT2D eigenvalue weighted by Gasteiger charge is -2.04. The summed E-state index contributed by atoms with van der Waals surface area (Å²) in [4.78, 5) is 22.3. The highest BCUT2D eigenvalue weighted by molar-refractivity contribution is 7.12. The Morgan fingerprint density at radius 3 is 2.72 bits per heavy atom. The van der Waals surface area contributed by atoms with Crippen molar-refractivity contribution in [1.82, 2.24) is 0 Å². The van der Waals surface area contributed by atoms with Gasteiger partial charge in [-0.3, -0.25) is 14.9 Å². The molecule has 0 atom stereocenters. The summed E-state index contributed by atoms with van der Waals surface area (Å²) in [6, 6.07) is 7.50. The third-order valence-electron chi connectivity index (χ3n) is 2.15. The molecule has 1 aromatic carbocycles. The van der Waals surface area contributed by atoms with Crippen molar-refractivity contribution in [3.05, 3.63) is 55.7 Å². The highest BCUT2D eigenvalue weighted by Gasteiger charge is 2.13. The summed E-state index contributed by atoms with van der Waals surface area (Å²) in [7, 11) is 0. The van der Waals surface area contributed by atoms with Crippen molar-refractivity contribution >= 4 is 40.2 Å². The largest absolute Gasteiger partial charge is 0.321 e. The van der Waals surface area contributed by atoms with E-state index in [-0.39, 0.29) is 16.6 Å². The number of hydrogen-bond donors (Lipinski definition) is 1. The van der Waals surface area contributed by atoms with Crippen molar-refractivity contribution in [1.29, 1.82) is 0 Å². The lowest BCUT2D eigenvalue weighted by Crippen LogP contribution is -2.10. The standard InChI is InChI=1S/C11H7ClN2O3S/c12-8-6-7(3-4-9(8)14(16)17)13-11(15)10-2-1-5-18-10/h1-6H,(H,13,15). The Balaban J connectivity index is 2.18. The molecule has 2 rings (SSSR count). The Bertz CT molecular complexity index is 598. The maximum absolute atomic E-state index is 11.7. The van der Waals surface area contributed by atoms with Crippen LogP contribution in [0.25, 0.3) is 0 Å². The molecular weight excluding hydrogens is 276 g/mol. The molecule has 0 spiro atoms. The highest BCUT2D eigenvalue weighted by Crippen LogP contribution is 2.27. The summed E-state index contributed by atoms with van der Waals surface area (Å²) in [5, 5.41) is 15.0. The molecule has 0 saturated carbocycles. The molecule has 0 radical (unpaired) electrons. The molecule has 0 aliphatic carbocycles. The number of amides is 1. The Morgan fingerprint density at radius 1 is 1.39 bits per heavy atom. The summed E-state index contributed by atoms with van der Waals surface area (Å²) in [5.41, 5.74) is 0.231. The molecule has 1 amide bonds. The van der Waals surface area contributed by atoms with Crippen LogP contribution in [0.1, 0.15) is 9.67 Å². The summed E-state index contributed by atoms with van der Waals surface area (Å²) in [5.74, 6) is -0.269. The highest BCUT2D eigenvalue weighted by atomic mass is 35.5. The second-order valence-corrected chi connectivity index (χ2v) is 4.71. The van der Waals surface area contributed by atoms with E-state index in [1.165, 1.54) is 29.5 Å². The molecule has 0 unspecified atom stereocenters. The predicted octanol–water partition coefficient (Wildman–Crippen LogP) is 3.56. The maximum atomic E-state index is 11.7. The predicted molar refractivity (Wildman–Crippen MR) is 70.4 cm³/mol. The van der Waals surface area contributed by atoms with Crippen LogP contribution in [0.15, 0.2) is 35.7 Å². The van der Waals surface area contributed by atoms with Crippen molar-refractivity contribution < 1.29 is 9.72 Å². The van der Waals surface area contributed by atoms with Gasteiger partial charge in [-0.05, 0) is 23.6 Å². The van der Waals surface area contributed by atoms with E-state index in [1.807, 2.05) is 0 Å². The van der Waals surface area contributed by atoms with Gasteiger partial charge in [0.15, 0.2) is 0 Å². The molecule has 0 saturated heterocycles. The van der Waals surface area contributed by atoms with Gasteiger partial charge >= 0.3 is 0 Å². The normalized spacial score (nSPS) is 10.1. The van der Waals surface area contributed by atoms with Crippen molar-refractivity contribution in [3.63, 3.8) is 0 Å². The van der Waals surface area contributed by atoms with Gasteiger partial charge in [0.25, 0.3) is 11.6 Å². The van der Waals surface area contributed by atoms with Crippen LogP contribution in [0.2, 0.25) is 5.02 Å². The van der Waals surface area contributed by atoms with Crippen molar-refractivity contribution in [2.45, 2.75) is 0 Å². The third-order valence-corrected chi connectivity index (χ3v) is 3.32. The lowest BCUT2D eigenvalue weighted by atomic mass is 10.2. The van der Waals surface area contributed by atoms with Gasteiger partial charge in [0.2, 0.25) is 0 Å². The van der Waals surface area contributed by atoms with Gasteiger partial charge in [-0.15, -0.1) is 11.3 Å². The molecule has 1 N–H and O–H groups in total. The Morgan fingerprint density at radius 2 is 2.17 bits per heavy atom. The fraction of sp³-hybridized carbons (Fsp3) is 0.